The van der Waals surface area contributed by atoms with Gasteiger partial charge in [0.2, 0.25) is 0 Å². The molecule has 0 spiro atoms. The quantitative estimate of drug-likeness (QED) is 0.472. The first kappa shape index (κ1) is 22.1. The van der Waals surface area contributed by atoms with E-state index in [1.807, 2.05) is 36.2 Å². The van der Waals surface area contributed by atoms with Crippen molar-refractivity contribution in [1.29, 1.82) is 0 Å². The Kier molecular flexibility index (Phi) is 5.38. The van der Waals surface area contributed by atoms with Crippen LogP contribution in [-0.2, 0) is 6.42 Å². The molecule has 1 saturated carbocycles. The van der Waals surface area contributed by atoms with Gasteiger partial charge >= 0.3 is 6.03 Å². The van der Waals surface area contributed by atoms with Crippen LogP contribution in [-0.4, -0.2) is 52.0 Å². The molecule has 6 nitrogen and oxygen atoms in total. The number of aryl methyl sites for hydroxylation is 1. The summed E-state index contributed by atoms with van der Waals surface area (Å²) < 4.78 is 0. The van der Waals surface area contributed by atoms with E-state index in [2.05, 4.69) is 45.9 Å². The second-order valence-corrected chi connectivity index (χ2v) is 11.3. The highest BCUT2D eigenvalue weighted by atomic mass is 16.2. The first-order valence-corrected chi connectivity index (χ1v) is 13.7. The van der Waals surface area contributed by atoms with Gasteiger partial charge in [-0.25, -0.2) is 9.78 Å². The van der Waals surface area contributed by atoms with Crippen LogP contribution >= 0.6 is 0 Å². The van der Waals surface area contributed by atoms with Crippen molar-refractivity contribution in [2.45, 2.75) is 81.6 Å². The third-order valence-corrected chi connectivity index (χ3v) is 9.00. The molecule has 3 aromatic rings. The number of aromatic nitrogens is 1. The maximum atomic E-state index is 13.1. The summed E-state index contributed by atoms with van der Waals surface area (Å²) >= 11 is 0. The summed E-state index contributed by atoms with van der Waals surface area (Å²) in [7, 11) is 1.97. The Balaban J connectivity index is 1.01. The van der Waals surface area contributed by atoms with Gasteiger partial charge in [-0.15, -0.1) is 0 Å². The van der Waals surface area contributed by atoms with Crippen LogP contribution in [0.2, 0.25) is 0 Å². The molecule has 186 valence electrons. The maximum absolute atomic E-state index is 13.1. The fraction of sp³-hybridized carbons (Fsp3) is 0.467. The average molecular weight is 482 g/mol. The number of carbonyl (C=O) groups excluding carboxylic acids is 1. The van der Waals surface area contributed by atoms with Crippen molar-refractivity contribution in [1.82, 2.24) is 14.8 Å². The molecule has 2 saturated heterocycles. The molecule has 0 radical (unpaired) electrons. The lowest BCUT2D eigenvalue weighted by Gasteiger charge is -2.42. The van der Waals surface area contributed by atoms with E-state index in [1.165, 1.54) is 36.8 Å². The SMILES string of the molecule is CN(C(=O)Nc1ccc2nc(N[C@@H]3CCc4ccccc43)ccc2c1)C1CC2CCC(C1)N2C1CC1. The van der Waals surface area contributed by atoms with E-state index in [1.54, 1.807) is 0 Å². The van der Waals surface area contributed by atoms with E-state index in [0.29, 0.717) is 24.2 Å². The number of amides is 2. The number of nitrogens with zero attached hydrogens (tertiary/aromatic N) is 3. The van der Waals surface area contributed by atoms with Gasteiger partial charge in [-0.05, 0) is 92.8 Å². The Morgan fingerprint density at radius 3 is 2.53 bits per heavy atom. The molecule has 6 heteroatoms. The maximum Gasteiger partial charge on any atom is 0.321 e. The van der Waals surface area contributed by atoms with Crippen LogP contribution in [0.4, 0.5) is 16.3 Å². The second kappa shape index (κ2) is 8.77. The lowest BCUT2D eigenvalue weighted by molar-refractivity contribution is 0.0781. The molecular formula is C30H35N5O. The van der Waals surface area contributed by atoms with E-state index < -0.39 is 0 Å². The molecule has 2 N–H and O–H groups in total. The Morgan fingerprint density at radius 1 is 0.944 bits per heavy atom. The number of rotatable bonds is 5. The number of anilines is 2. The lowest BCUT2D eigenvalue weighted by Crippen LogP contribution is -2.52. The molecule has 4 aliphatic rings. The van der Waals surface area contributed by atoms with Crippen LogP contribution in [0, 0.1) is 0 Å². The van der Waals surface area contributed by atoms with Crippen molar-refractivity contribution in [3.63, 3.8) is 0 Å². The van der Waals surface area contributed by atoms with Gasteiger partial charge in [0.1, 0.15) is 5.82 Å². The molecule has 36 heavy (non-hydrogen) atoms. The van der Waals surface area contributed by atoms with Gasteiger partial charge in [0.15, 0.2) is 0 Å². The first-order chi connectivity index (χ1) is 17.6. The van der Waals surface area contributed by atoms with E-state index in [9.17, 15) is 4.79 Å². The number of fused-ring (bicyclic) bond motifs is 4. The Labute approximate surface area is 213 Å². The molecule has 3 atom stereocenters. The van der Waals surface area contributed by atoms with Crippen molar-refractivity contribution in [2.75, 3.05) is 17.7 Å². The van der Waals surface area contributed by atoms with Crippen molar-refractivity contribution < 1.29 is 4.79 Å². The van der Waals surface area contributed by atoms with Crippen LogP contribution in [0.5, 0.6) is 0 Å². The van der Waals surface area contributed by atoms with Gasteiger partial charge in [-0.2, -0.15) is 0 Å². The third kappa shape index (κ3) is 4.01. The topological polar surface area (TPSA) is 60.5 Å². The minimum atomic E-state index is -0.00948. The molecule has 1 aromatic heterocycles. The van der Waals surface area contributed by atoms with E-state index in [0.717, 1.165) is 54.1 Å². The summed E-state index contributed by atoms with van der Waals surface area (Å²) in [5.74, 6) is 0.896. The van der Waals surface area contributed by atoms with E-state index in [-0.39, 0.29) is 6.03 Å². The van der Waals surface area contributed by atoms with Gasteiger partial charge in [-0.1, -0.05) is 24.3 Å². The van der Waals surface area contributed by atoms with Crippen LogP contribution in [0.1, 0.15) is 62.1 Å². The number of urea groups is 1. The summed E-state index contributed by atoms with van der Waals surface area (Å²) in [6.45, 7) is 0. The summed E-state index contributed by atoms with van der Waals surface area (Å²) in [5, 5.41) is 7.80. The predicted octanol–water partition coefficient (Wildman–Crippen LogP) is 5.96. The highest BCUT2D eigenvalue weighted by Gasteiger charge is 2.48. The van der Waals surface area contributed by atoms with Crippen LogP contribution in [0.15, 0.2) is 54.6 Å². The van der Waals surface area contributed by atoms with Gasteiger partial charge in [0, 0.05) is 42.3 Å². The van der Waals surface area contributed by atoms with E-state index in [4.69, 9.17) is 4.98 Å². The number of carbonyl (C=O) groups is 1. The monoisotopic (exact) mass is 481 g/mol. The minimum Gasteiger partial charge on any atom is -0.363 e. The lowest BCUT2D eigenvalue weighted by atomic mass is 9.96. The molecule has 2 unspecified atom stereocenters. The number of hydrogen-bond acceptors (Lipinski definition) is 4. The average Bonchev–Trinajstić information content (AvgIpc) is 3.61. The smallest absolute Gasteiger partial charge is 0.321 e. The van der Waals surface area contributed by atoms with Gasteiger partial charge in [0.25, 0.3) is 0 Å². The largest absolute Gasteiger partial charge is 0.363 e. The van der Waals surface area contributed by atoms with Crippen molar-refractivity contribution in [3.05, 3.63) is 65.7 Å². The zero-order valence-electron chi connectivity index (χ0n) is 21.0. The number of pyridine rings is 1. The van der Waals surface area contributed by atoms with Crippen LogP contribution in [0.25, 0.3) is 10.9 Å². The van der Waals surface area contributed by atoms with Gasteiger partial charge < -0.3 is 15.5 Å². The Bertz CT molecular complexity index is 1290. The molecule has 2 aliphatic heterocycles. The summed E-state index contributed by atoms with van der Waals surface area (Å²) in [6.07, 6.45) is 9.77. The number of hydrogen-bond donors (Lipinski definition) is 2. The minimum absolute atomic E-state index is 0.00948. The number of piperidine rings is 1. The molecule has 2 amide bonds. The molecule has 3 fully saturated rings. The Hall–Kier alpha value is -3.12. The molecule has 2 aliphatic carbocycles. The van der Waals surface area contributed by atoms with Crippen LogP contribution < -0.4 is 10.6 Å². The van der Waals surface area contributed by atoms with Gasteiger partial charge in [0.05, 0.1) is 11.6 Å². The van der Waals surface area contributed by atoms with Crippen molar-refractivity contribution in [3.8, 4) is 0 Å². The molecule has 7 rings (SSSR count). The molecule has 2 bridgehead atoms. The highest BCUT2D eigenvalue weighted by Crippen LogP contribution is 2.44. The molecular weight excluding hydrogens is 446 g/mol. The fourth-order valence-electron chi connectivity index (χ4n) is 7.02. The first-order valence-electron chi connectivity index (χ1n) is 13.7. The summed E-state index contributed by atoms with van der Waals surface area (Å²) in [6, 6.07) is 21.6. The summed E-state index contributed by atoms with van der Waals surface area (Å²) in [5.41, 5.74) is 4.57. The number of benzene rings is 2. The zero-order chi connectivity index (χ0) is 24.2. The predicted molar refractivity (Wildman–Crippen MR) is 144 cm³/mol. The van der Waals surface area contributed by atoms with Gasteiger partial charge in [-0.3, -0.25) is 4.90 Å². The van der Waals surface area contributed by atoms with Crippen molar-refractivity contribution in [2.24, 2.45) is 0 Å². The molecule has 2 aromatic carbocycles. The standard InChI is InChI=1S/C30H35N5O/c1-34(25-17-23-11-12-24(18-25)35(23)22-9-10-22)30(36)31-21-8-14-27-20(16-21)7-15-29(32-27)33-28-13-6-19-4-2-3-5-26(19)28/h2-5,7-8,14-16,22-25,28H,6,9-13,17-18H2,1H3,(H,31,36)(H,32,33)/t23?,24?,25?,28-/m1/s1. The van der Waals surface area contributed by atoms with E-state index >= 15 is 0 Å². The normalized spacial score (nSPS) is 27.1. The molecule has 3 heterocycles. The van der Waals surface area contributed by atoms with Crippen molar-refractivity contribution >= 4 is 28.4 Å². The zero-order valence-corrected chi connectivity index (χ0v) is 21.0. The highest BCUT2D eigenvalue weighted by molar-refractivity contribution is 5.93. The Morgan fingerprint density at radius 2 is 1.72 bits per heavy atom. The van der Waals surface area contributed by atoms with Crippen LogP contribution in [0.3, 0.4) is 0 Å². The summed E-state index contributed by atoms with van der Waals surface area (Å²) in [4.78, 5) is 22.7. The number of nitrogens with one attached hydrogen (secondary N) is 2. The third-order valence-electron chi connectivity index (χ3n) is 9.00. The second-order valence-electron chi connectivity index (χ2n) is 11.3. The fourth-order valence-corrected chi connectivity index (χ4v) is 7.02.